The summed E-state index contributed by atoms with van der Waals surface area (Å²) in [6, 6.07) is 19.9. The molecule has 0 saturated carbocycles. The van der Waals surface area contributed by atoms with Crippen LogP contribution < -0.4 is 9.64 Å². The fraction of sp³-hybridized carbons (Fsp3) is 0.0833. The molecule has 1 aliphatic rings. The van der Waals surface area contributed by atoms with E-state index in [-0.39, 0.29) is 11.3 Å². The van der Waals surface area contributed by atoms with Gasteiger partial charge in [0.25, 0.3) is 11.7 Å². The average Bonchev–Trinajstić information content (AvgIpc) is 3.05. The van der Waals surface area contributed by atoms with E-state index in [0.717, 1.165) is 0 Å². The molecule has 1 atom stereocenters. The highest BCUT2D eigenvalue weighted by molar-refractivity contribution is 6.51. The number of hydrogen-bond acceptors (Lipinski definition) is 4. The third-order valence-electron chi connectivity index (χ3n) is 5.03. The highest BCUT2D eigenvalue weighted by Gasteiger charge is 2.46. The monoisotopic (exact) mass is 403 g/mol. The van der Waals surface area contributed by atoms with E-state index in [9.17, 15) is 19.1 Å². The van der Waals surface area contributed by atoms with Crippen LogP contribution in [0, 0.1) is 5.82 Å². The van der Waals surface area contributed by atoms with Gasteiger partial charge in [-0.2, -0.15) is 0 Å². The Balaban J connectivity index is 1.92. The number of amides is 1. The summed E-state index contributed by atoms with van der Waals surface area (Å²) in [4.78, 5) is 27.2. The lowest BCUT2D eigenvalue weighted by Crippen LogP contribution is -2.29. The van der Waals surface area contributed by atoms with Crippen LogP contribution in [0.25, 0.3) is 5.76 Å². The lowest BCUT2D eigenvalue weighted by molar-refractivity contribution is -0.132. The molecule has 6 heteroatoms. The number of ketones is 1. The van der Waals surface area contributed by atoms with E-state index in [1.165, 1.54) is 36.3 Å². The molecule has 5 nitrogen and oxygen atoms in total. The van der Waals surface area contributed by atoms with Crippen LogP contribution in [0.4, 0.5) is 10.1 Å². The normalized spacial score (nSPS) is 17.9. The van der Waals surface area contributed by atoms with Gasteiger partial charge < -0.3 is 9.84 Å². The zero-order chi connectivity index (χ0) is 21.3. The van der Waals surface area contributed by atoms with E-state index in [0.29, 0.717) is 22.6 Å². The second kappa shape index (κ2) is 7.83. The lowest BCUT2D eigenvalue weighted by atomic mass is 9.95. The van der Waals surface area contributed by atoms with Gasteiger partial charge in [0.2, 0.25) is 0 Å². The number of hydrogen-bond donors (Lipinski definition) is 1. The number of halogens is 1. The van der Waals surface area contributed by atoms with Crippen molar-refractivity contribution in [2.75, 3.05) is 12.0 Å². The maximum Gasteiger partial charge on any atom is 0.300 e. The molecule has 3 aromatic rings. The Kier molecular flexibility index (Phi) is 5.06. The second-order valence-electron chi connectivity index (χ2n) is 6.78. The fourth-order valence-electron chi connectivity index (χ4n) is 3.55. The largest absolute Gasteiger partial charge is 0.507 e. The molecule has 4 rings (SSSR count). The summed E-state index contributed by atoms with van der Waals surface area (Å²) in [5, 5.41) is 10.9. The van der Waals surface area contributed by atoms with Gasteiger partial charge in [-0.3, -0.25) is 14.5 Å². The number of nitrogens with zero attached hydrogens (tertiary/aromatic N) is 1. The zero-order valence-corrected chi connectivity index (χ0v) is 16.1. The Labute approximate surface area is 172 Å². The first-order valence-electron chi connectivity index (χ1n) is 9.27. The summed E-state index contributed by atoms with van der Waals surface area (Å²) in [6.07, 6.45) is 0. The number of methoxy groups -OCH3 is 1. The molecule has 1 amide bonds. The Hall–Kier alpha value is -3.93. The van der Waals surface area contributed by atoms with Crippen molar-refractivity contribution in [1.29, 1.82) is 0 Å². The predicted octanol–water partition coefficient (Wildman–Crippen LogP) is 4.46. The predicted molar refractivity (Wildman–Crippen MR) is 111 cm³/mol. The van der Waals surface area contributed by atoms with Crippen LogP contribution in [0.15, 0.2) is 84.4 Å². The Morgan fingerprint density at radius 3 is 2.17 bits per heavy atom. The molecule has 0 unspecified atom stereocenters. The number of benzene rings is 3. The van der Waals surface area contributed by atoms with Gasteiger partial charge in [0.05, 0.1) is 18.7 Å². The number of Topliss-reactive ketones (excluding diaryl/α,β-unsaturated/α-hetero) is 1. The Morgan fingerprint density at radius 1 is 0.933 bits per heavy atom. The summed E-state index contributed by atoms with van der Waals surface area (Å²) in [5.74, 6) is -1.71. The van der Waals surface area contributed by atoms with Crippen molar-refractivity contribution < 1.29 is 23.8 Å². The molecular formula is C24H18FNO4. The van der Waals surface area contributed by atoms with E-state index >= 15 is 0 Å². The molecule has 1 heterocycles. The number of rotatable bonds is 4. The molecule has 0 spiro atoms. The van der Waals surface area contributed by atoms with Crippen LogP contribution in [-0.2, 0) is 9.59 Å². The molecule has 0 aromatic heterocycles. The Bertz CT molecular complexity index is 1120. The van der Waals surface area contributed by atoms with Gasteiger partial charge in [0, 0.05) is 11.3 Å². The molecule has 150 valence electrons. The summed E-state index contributed by atoms with van der Waals surface area (Å²) < 4.78 is 18.6. The summed E-state index contributed by atoms with van der Waals surface area (Å²) in [7, 11) is 1.54. The minimum absolute atomic E-state index is 0.0271. The van der Waals surface area contributed by atoms with Crippen molar-refractivity contribution in [1.82, 2.24) is 0 Å². The highest BCUT2D eigenvalue weighted by atomic mass is 19.1. The van der Waals surface area contributed by atoms with E-state index in [4.69, 9.17) is 4.74 Å². The van der Waals surface area contributed by atoms with Gasteiger partial charge in [0.15, 0.2) is 0 Å². The van der Waals surface area contributed by atoms with Gasteiger partial charge in [-0.1, -0.05) is 42.5 Å². The minimum Gasteiger partial charge on any atom is -0.507 e. The first kappa shape index (κ1) is 19.4. The van der Waals surface area contributed by atoms with Crippen molar-refractivity contribution in [2.24, 2.45) is 0 Å². The molecule has 0 bridgehead atoms. The van der Waals surface area contributed by atoms with E-state index in [2.05, 4.69) is 0 Å². The second-order valence-corrected chi connectivity index (χ2v) is 6.78. The quantitative estimate of drug-likeness (QED) is 0.397. The summed E-state index contributed by atoms with van der Waals surface area (Å²) >= 11 is 0. The lowest BCUT2D eigenvalue weighted by Gasteiger charge is -2.25. The number of aliphatic hydroxyl groups is 1. The Morgan fingerprint density at radius 2 is 1.57 bits per heavy atom. The van der Waals surface area contributed by atoms with Crippen molar-refractivity contribution in [3.63, 3.8) is 0 Å². The zero-order valence-electron chi connectivity index (χ0n) is 16.1. The maximum absolute atomic E-state index is 13.4. The molecule has 0 radical (unpaired) electrons. The molecule has 1 saturated heterocycles. The molecule has 1 fully saturated rings. The molecule has 0 aliphatic carbocycles. The van der Waals surface area contributed by atoms with E-state index in [1.54, 1.807) is 54.6 Å². The van der Waals surface area contributed by atoms with Crippen LogP contribution in [0.2, 0.25) is 0 Å². The first-order chi connectivity index (χ1) is 14.5. The number of anilines is 1. The number of ether oxygens (including phenoxy) is 1. The third kappa shape index (κ3) is 3.33. The van der Waals surface area contributed by atoms with E-state index < -0.39 is 23.5 Å². The van der Waals surface area contributed by atoms with Crippen LogP contribution in [0.5, 0.6) is 5.75 Å². The van der Waals surface area contributed by atoms with Gasteiger partial charge >= 0.3 is 0 Å². The smallest absolute Gasteiger partial charge is 0.300 e. The van der Waals surface area contributed by atoms with Crippen molar-refractivity contribution in [3.8, 4) is 5.75 Å². The number of carbonyl (C=O) groups is 2. The molecule has 1 N–H and O–H groups in total. The van der Waals surface area contributed by atoms with Gasteiger partial charge in [-0.15, -0.1) is 0 Å². The fourth-order valence-corrected chi connectivity index (χ4v) is 3.55. The number of aliphatic hydroxyl groups excluding tert-OH is 1. The topological polar surface area (TPSA) is 66.8 Å². The summed E-state index contributed by atoms with van der Waals surface area (Å²) in [5.41, 5.74) is 1.36. The highest BCUT2D eigenvalue weighted by Crippen LogP contribution is 2.42. The van der Waals surface area contributed by atoms with E-state index in [1.807, 2.05) is 0 Å². The van der Waals surface area contributed by atoms with Crippen LogP contribution in [0.3, 0.4) is 0 Å². The first-order valence-corrected chi connectivity index (χ1v) is 9.27. The molecule has 1 aliphatic heterocycles. The minimum atomic E-state index is -0.874. The maximum atomic E-state index is 13.4. The van der Waals surface area contributed by atoms with Gasteiger partial charge in [-0.05, 0) is 42.0 Å². The van der Waals surface area contributed by atoms with Gasteiger partial charge in [-0.25, -0.2) is 4.39 Å². The molecule has 30 heavy (non-hydrogen) atoms. The van der Waals surface area contributed by atoms with Crippen LogP contribution >= 0.6 is 0 Å². The average molecular weight is 403 g/mol. The van der Waals surface area contributed by atoms with Crippen LogP contribution in [-0.4, -0.2) is 23.9 Å². The summed E-state index contributed by atoms with van der Waals surface area (Å²) in [6.45, 7) is 0. The third-order valence-corrected chi connectivity index (χ3v) is 5.03. The van der Waals surface area contributed by atoms with Crippen molar-refractivity contribution in [2.45, 2.75) is 6.04 Å². The molecular weight excluding hydrogens is 385 g/mol. The van der Waals surface area contributed by atoms with Crippen molar-refractivity contribution >= 4 is 23.1 Å². The molecule has 3 aromatic carbocycles. The van der Waals surface area contributed by atoms with Crippen LogP contribution in [0.1, 0.15) is 17.2 Å². The standard InChI is InChI=1S/C24H18FNO4/c1-30-19-13-7-15(8-14-19)21-20(22(27)16-5-3-2-4-6-16)23(28)24(29)26(21)18-11-9-17(25)10-12-18/h2-14,21,27H,1H3/b22-20+/t21-/m0/s1. The van der Waals surface area contributed by atoms with Gasteiger partial charge in [0.1, 0.15) is 17.3 Å². The van der Waals surface area contributed by atoms with Crippen molar-refractivity contribution in [3.05, 3.63) is 101 Å². The number of carbonyl (C=O) groups excluding carboxylic acids is 2. The SMILES string of the molecule is COc1ccc([C@H]2/C(=C(\O)c3ccccc3)C(=O)C(=O)N2c2ccc(F)cc2)cc1.